The van der Waals surface area contributed by atoms with E-state index in [2.05, 4.69) is 25.4 Å². The number of nitrogens with zero attached hydrogens (tertiary/aromatic N) is 5. The number of nitrogens with one attached hydrogen (secondary N) is 1. The number of rotatable bonds is 5. The molecule has 14 heteroatoms. The normalized spacial score (nSPS) is 11.8. The van der Waals surface area contributed by atoms with E-state index >= 15 is 0 Å². The molecule has 0 fully saturated rings. The van der Waals surface area contributed by atoms with Crippen LogP contribution in [-0.4, -0.2) is 49.9 Å². The molecule has 0 spiro atoms. The number of pyridine rings is 2. The SMILES string of the molecule is COc1cc(F)cc(Nc2ncc3c4cnc(OC)c(C(=O)O)c4c4cc(C(F)(F)F)nn4c3n2)c1. The summed E-state index contributed by atoms with van der Waals surface area (Å²) in [5.41, 5.74) is -1.73. The number of carboxylic acid groups (broad SMARTS) is 1. The van der Waals surface area contributed by atoms with Crippen LogP contribution in [0.15, 0.2) is 36.7 Å². The Kier molecular flexibility index (Phi) is 5.23. The number of carboxylic acids is 1. The molecule has 0 saturated carbocycles. The predicted molar refractivity (Wildman–Crippen MR) is 118 cm³/mol. The Hall–Kier alpha value is -4.75. The van der Waals surface area contributed by atoms with Crippen LogP contribution in [-0.2, 0) is 6.18 Å². The molecule has 2 N–H and O–H groups in total. The van der Waals surface area contributed by atoms with Crippen LogP contribution in [0, 0.1) is 5.82 Å². The van der Waals surface area contributed by atoms with Crippen LogP contribution in [0.25, 0.3) is 27.3 Å². The summed E-state index contributed by atoms with van der Waals surface area (Å²) in [6.07, 6.45) is -2.29. The zero-order chi connectivity index (χ0) is 25.8. The van der Waals surface area contributed by atoms with Crippen molar-refractivity contribution in [2.24, 2.45) is 0 Å². The minimum Gasteiger partial charge on any atom is -0.497 e. The second-order valence-corrected chi connectivity index (χ2v) is 7.50. The van der Waals surface area contributed by atoms with Gasteiger partial charge >= 0.3 is 12.1 Å². The summed E-state index contributed by atoms with van der Waals surface area (Å²) in [5.74, 6) is -2.21. The van der Waals surface area contributed by atoms with Crippen molar-refractivity contribution in [3.8, 4) is 11.6 Å². The van der Waals surface area contributed by atoms with Crippen LogP contribution in [0.2, 0.25) is 0 Å². The Labute approximate surface area is 198 Å². The number of fused-ring (bicyclic) bond motifs is 6. The van der Waals surface area contributed by atoms with Crippen molar-refractivity contribution < 1.29 is 36.9 Å². The number of hydrogen-bond donors (Lipinski definition) is 2. The second-order valence-electron chi connectivity index (χ2n) is 7.50. The largest absolute Gasteiger partial charge is 0.497 e. The Morgan fingerprint density at radius 2 is 1.81 bits per heavy atom. The van der Waals surface area contributed by atoms with Gasteiger partial charge in [-0.15, -0.1) is 0 Å². The highest BCUT2D eigenvalue weighted by molar-refractivity contribution is 6.19. The lowest BCUT2D eigenvalue weighted by molar-refractivity contribution is -0.141. The molecule has 0 amide bonds. The van der Waals surface area contributed by atoms with Crippen LogP contribution in [0.1, 0.15) is 16.1 Å². The molecule has 5 aromatic rings. The van der Waals surface area contributed by atoms with E-state index in [-0.39, 0.29) is 50.6 Å². The van der Waals surface area contributed by atoms with Gasteiger partial charge in [0, 0.05) is 46.4 Å². The summed E-state index contributed by atoms with van der Waals surface area (Å²) in [6, 6.07) is 4.50. The van der Waals surface area contributed by atoms with Gasteiger partial charge in [-0.25, -0.2) is 23.7 Å². The molecule has 0 atom stereocenters. The number of alkyl halides is 3. The van der Waals surface area contributed by atoms with E-state index in [0.717, 1.165) is 22.7 Å². The fourth-order valence-electron chi connectivity index (χ4n) is 3.84. The van der Waals surface area contributed by atoms with E-state index in [4.69, 9.17) is 9.47 Å². The van der Waals surface area contributed by atoms with Gasteiger partial charge in [-0.1, -0.05) is 0 Å². The maximum Gasteiger partial charge on any atom is 0.435 e. The molecule has 4 heterocycles. The first-order chi connectivity index (χ1) is 17.1. The van der Waals surface area contributed by atoms with Crippen molar-refractivity contribution in [2.45, 2.75) is 6.18 Å². The summed E-state index contributed by atoms with van der Waals surface area (Å²) in [4.78, 5) is 24.5. The summed E-state index contributed by atoms with van der Waals surface area (Å²) in [7, 11) is 2.55. The number of carbonyl (C=O) groups is 1. The lowest BCUT2D eigenvalue weighted by Crippen LogP contribution is -2.08. The average molecular weight is 502 g/mol. The first-order valence-electron chi connectivity index (χ1n) is 10.1. The quantitative estimate of drug-likeness (QED) is 0.265. The minimum absolute atomic E-state index is 0.0721. The lowest BCUT2D eigenvalue weighted by atomic mass is 10.0. The van der Waals surface area contributed by atoms with E-state index in [9.17, 15) is 27.5 Å². The minimum atomic E-state index is -4.82. The zero-order valence-corrected chi connectivity index (χ0v) is 18.4. The molecular formula is C22H14F4N6O4. The van der Waals surface area contributed by atoms with Gasteiger partial charge in [0.05, 0.1) is 19.7 Å². The van der Waals surface area contributed by atoms with Crippen LogP contribution in [0.3, 0.4) is 0 Å². The van der Waals surface area contributed by atoms with Gasteiger partial charge in [0.2, 0.25) is 11.8 Å². The molecule has 5 rings (SSSR count). The van der Waals surface area contributed by atoms with Gasteiger partial charge < -0.3 is 19.9 Å². The lowest BCUT2D eigenvalue weighted by Gasteiger charge is -2.13. The predicted octanol–water partition coefficient (Wildman–Crippen LogP) is 4.44. The summed E-state index contributed by atoms with van der Waals surface area (Å²) >= 11 is 0. The van der Waals surface area contributed by atoms with Crippen LogP contribution < -0.4 is 14.8 Å². The van der Waals surface area contributed by atoms with Crippen LogP contribution in [0.5, 0.6) is 11.6 Å². The first kappa shape index (κ1) is 23.0. The third-order valence-electron chi connectivity index (χ3n) is 5.33. The van der Waals surface area contributed by atoms with Gasteiger partial charge in [0.15, 0.2) is 11.3 Å². The average Bonchev–Trinajstić information content (AvgIpc) is 3.29. The number of ether oxygens (including phenoxy) is 2. The van der Waals surface area contributed by atoms with E-state index in [1.165, 1.54) is 32.7 Å². The number of methoxy groups -OCH3 is 2. The third kappa shape index (κ3) is 3.72. The molecule has 0 aliphatic rings. The standard InChI is InChI=1S/C22H14F4N6O4/c1-35-11-4-9(23)3-10(5-11)29-21-28-8-13-12-7-27-19(36-2)17(20(33)34)16(12)14-6-15(22(24,25)26)31-32(14)18(13)30-21/h3-8H,1-2H3,(H,33,34)(H,28,29,30). The summed E-state index contributed by atoms with van der Waals surface area (Å²) in [5, 5.41) is 16.5. The van der Waals surface area contributed by atoms with Gasteiger partial charge in [0.25, 0.3) is 0 Å². The van der Waals surface area contributed by atoms with Crippen molar-refractivity contribution in [3.05, 3.63) is 53.7 Å². The van der Waals surface area contributed by atoms with Crippen molar-refractivity contribution in [2.75, 3.05) is 19.5 Å². The molecule has 36 heavy (non-hydrogen) atoms. The van der Waals surface area contributed by atoms with Crippen molar-refractivity contribution >= 4 is 44.9 Å². The summed E-state index contributed by atoms with van der Waals surface area (Å²) < 4.78 is 65.6. The highest BCUT2D eigenvalue weighted by atomic mass is 19.4. The van der Waals surface area contributed by atoms with E-state index < -0.39 is 29.2 Å². The number of benzene rings is 1. The second kappa shape index (κ2) is 8.18. The van der Waals surface area contributed by atoms with Gasteiger partial charge in [0.1, 0.15) is 17.1 Å². The first-order valence-corrected chi connectivity index (χ1v) is 10.1. The zero-order valence-electron chi connectivity index (χ0n) is 18.4. The van der Waals surface area contributed by atoms with Gasteiger partial charge in [-0.05, 0) is 12.1 Å². The Balaban J connectivity index is 1.83. The summed E-state index contributed by atoms with van der Waals surface area (Å²) in [6.45, 7) is 0. The Morgan fingerprint density at radius 3 is 2.47 bits per heavy atom. The molecule has 184 valence electrons. The Bertz CT molecular complexity index is 1690. The monoisotopic (exact) mass is 502 g/mol. The number of anilines is 2. The maximum atomic E-state index is 13.9. The maximum absolute atomic E-state index is 13.9. The van der Waals surface area contributed by atoms with Crippen molar-refractivity contribution in [1.82, 2.24) is 24.6 Å². The van der Waals surface area contributed by atoms with E-state index in [1.54, 1.807) is 0 Å². The number of aromatic carboxylic acids is 1. The van der Waals surface area contributed by atoms with Crippen LogP contribution in [0.4, 0.5) is 29.2 Å². The smallest absolute Gasteiger partial charge is 0.435 e. The molecule has 0 unspecified atom stereocenters. The Morgan fingerprint density at radius 1 is 1.06 bits per heavy atom. The van der Waals surface area contributed by atoms with E-state index in [1.807, 2.05) is 0 Å². The third-order valence-corrected chi connectivity index (χ3v) is 5.33. The van der Waals surface area contributed by atoms with Crippen molar-refractivity contribution in [1.29, 1.82) is 0 Å². The number of aromatic nitrogens is 5. The van der Waals surface area contributed by atoms with E-state index in [0.29, 0.717) is 0 Å². The van der Waals surface area contributed by atoms with Crippen LogP contribution >= 0.6 is 0 Å². The molecule has 0 aliphatic carbocycles. The number of halogens is 4. The number of hydrogen-bond acceptors (Lipinski definition) is 8. The molecule has 0 saturated heterocycles. The van der Waals surface area contributed by atoms with Gasteiger partial charge in [-0.2, -0.15) is 23.3 Å². The molecule has 0 aliphatic heterocycles. The molecule has 4 aromatic heterocycles. The van der Waals surface area contributed by atoms with Gasteiger partial charge in [-0.3, -0.25) is 0 Å². The molecule has 0 bridgehead atoms. The highest BCUT2D eigenvalue weighted by Crippen LogP contribution is 2.37. The molecule has 10 nitrogen and oxygen atoms in total. The van der Waals surface area contributed by atoms with Crippen molar-refractivity contribution in [3.63, 3.8) is 0 Å². The molecular weight excluding hydrogens is 488 g/mol. The highest BCUT2D eigenvalue weighted by Gasteiger charge is 2.35. The fraction of sp³-hybridized carbons (Fsp3) is 0.136. The topological polar surface area (TPSA) is 124 Å². The molecule has 1 aromatic carbocycles. The molecule has 0 radical (unpaired) electrons. The fourth-order valence-corrected chi connectivity index (χ4v) is 3.84.